The van der Waals surface area contributed by atoms with Crippen molar-refractivity contribution in [2.24, 2.45) is 0 Å². The first-order valence-corrected chi connectivity index (χ1v) is 23.3. The molecule has 4 aliphatic carbocycles. The van der Waals surface area contributed by atoms with E-state index in [1.165, 1.54) is 49.7 Å². The second-order valence-electron chi connectivity index (χ2n) is 14.7. The van der Waals surface area contributed by atoms with Crippen LogP contribution >= 0.6 is 0 Å². The molecule has 0 atom stereocenters. The predicted octanol–water partition coefficient (Wildman–Crippen LogP) is 3.83. The number of halogens is 2. The Hall–Kier alpha value is -0.400. The Labute approximate surface area is 264 Å². The Bertz CT molecular complexity index is 1320. The van der Waals surface area contributed by atoms with Crippen LogP contribution in [0.25, 0.3) is 11.1 Å². The monoisotopic (exact) mass is 668 g/mol. The summed E-state index contributed by atoms with van der Waals surface area (Å²) in [6.07, 6.45) is 22.2. The zero-order valence-electron chi connectivity index (χ0n) is 25.6. The summed E-state index contributed by atoms with van der Waals surface area (Å²) in [6.45, 7) is 14.6. The predicted molar refractivity (Wildman–Crippen MR) is 164 cm³/mol. The zero-order valence-corrected chi connectivity index (χ0v) is 30.6. The van der Waals surface area contributed by atoms with E-state index in [-0.39, 0.29) is 35.6 Å². The van der Waals surface area contributed by atoms with E-state index in [1.54, 1.807) is 47.9 Å². The molecule has 40 heavy (non-hydrogen) atoms. The van der Waals surface area contributed by atoms with Crippen molar-refractivity contribution in [1.82, 2.24) is 0 Å². The fraction of sp³-hybridized carbons (Fsp3) is 0.556. The van der Waals surface area contributed by atoms with Crippen LogP contribution in [0.1, 0.15) is 122 Å². The number of hydrogen-bond donors (Lipinski definition) is 0. The van der Waals surface area contributed by atoms with Gasteiger partial charge in [-0.25, -0.2) is 0 Å². The quantitative estimate of drug-likeness (QED) is 0.371. The first-order chi connectivity index (χ1) is 18.1. The van der Waals surface area contributed by atoms with Gasteiger partial charge in [0.25, 0.3) is 0 Å². The molecule has 0 heterocycles. The van der Waals surface area contributed by atoms with Gasteiger partial charge in [0.1, 0.15) is 0 Å². The van der Waals surface area contributed by atoms with E-state index in [9.17, 15) is 0 Å². The third-order valence-corrected chi connectivity index (χ3v) is 32.2. The molecule has 0 radical (unpaired) electrons. The van der Waals surface area contributed by atoms with E-state index >= 15 is 0 Å². The van der Waals surface area contributed by atoms with Gasteiger partial charge in [0.2, 0.25) is 0 Å². The van der Waals surface area contributed by atoms with Gasteiger partial charge >= 0.3 is 242 Å². The number of hydrogen-bond acceptors (Lipinski definition) is 0. The molecule has 0 bridgehead atoms. The maximum absolute atomic E-state index is 2.63. The zero-order chi connectivity index (χ0) is 26.7. The van der Waals surface area contributed by atoms with E-state index < -0.39 is 25.8 Å². The molecule has 2 aromatic rings. The molecule has 0 aromatic heterocycles. The molecule has 0 N–H and O–H groups in total. The minimum Gasteiger partial charge on any atom is -1.00 e. The number of fused-ring (bicyclic) bond motifs is 3. The first kappa shape index (κ1) is 32.5. The van der Waals surface area contributed by atoms with Crippen LogP contribution in [0.5, 0.6) is 0 Å². The molecule has 2 aromatic carbocycles. The molecule has 0 unspecified atom stereocenters. The van der Waals surface area contributed by atoms with Gasteiger partial charge in [-0.1, -0.05) is 0 Å². The maximum Gasteiger partial charge on any atom is -1.00 e. The Morgan fingerprint density at radius 3 is 1.88 bits per heavy atom. The number of benzene rings is 2. The summed E-state index contributed by atoms with van der Waals surface area (Å²) >= 11 is -2.16. The molecule has 4 heteroatoms. The minimum atomic E-state index is -2.16. The van der Waals surface area contributed by atoms with Crippen molar-refractivity contribution >= 4 is 8.70 Å². The average Bonchev–Trinajstić information content (AvgIpc) is 3.66. The molecule has 0 saturated heterocycles. The van der Waals surface area contributed by atoms with Crippen molar-refractivity contribution in [3.8, 4) is 11.1 Å². The van der Waals surface area contributed by atoms with Gasteiger partial charge in [0.15, 0.2) is 0 Å². The number of rotatable bonds is 4. The smallest absolute Gasteiger partial charge is 1.00 e. The minimum absolute atomic E-state index is 0. The topological polar surface area (TPSA) is 0 Å². The maximum atomic E-state index is 2.63. The van der Waals surface area contributed by atoms with Gasteiger partial charge < -0.3 is 24.8 Å². The molecular weight excluding hydrogens is 623 g/mol. The van der Waals surface area contributed by atoms with Crippen molar-refractivity contribution in [3.05, 3.63) is 74.1 Å². The van der Waals surface area contributed by atoms with Crippen LogP contribution in [0, 0.1) is 0 Å². The van der Waals surface area contributed by atoms with E-state index in [0.717, 1.165) is 11.1 Å². The molecular formula is C36H48Cl2SiZr. The first-order valence-electron chi connectivity index (χ1n) is 15.5. The molecule has 0 spiro atoms. The summed E-state index contributed by atoms with van der Waals surface area (Å²) in [6, 6.07) is 12.6. The average molecular weight is 671 g/mol. The van der Waals surface area contributed by atoms with E-state index in [2.05, 4.69) is 90.1 Å². The van der Waals surface area contributed by atoms with E-state index in [4.69, 9.17) is 0 Å². The standard InChI is InChI=1S/C21H25.C10H18Si.C5H5.2ClH.Zr/c1-20(2,3)16-7-9-18-14(12-16)11-15-13-17(21(4,5)6)8-10-19(15)18;1-2-6-9(5-1)11-10-7-3-4-8-10;1-2-4-5-3-1;;;/h7-10,12H,11H2,1-6H3;9-10H,1-8H2;1-3H,4H2;2*1H;/q;;;;;+2/p-2. The fourth-order valence-electron chi connectivity index (χ4n) is 7.99. The molecule has 0 aliphatic heterocycles. The van der Waals surface area contributed by atoms with Crippen molar-refractivity contribution in [2.45, 2.75) is 128 Å². The van der Waals surface area contributed by atoms with Gasteiger partial charge in [-0.05, 0) is 0 Å². The fourth-order valence-corrected chi connectivity index (χ4v) is 35.4. The van der Waals surface area contributed by atoms with Crippen LogP contribution in [0.3, 0.4) is 0 Å². The van der Waals surface area contributed by atoms with Gasteiger partial charge in [0.05, 0.1) is 0 Å². The second kappa shape index (κ2) is 12.7. The molecule has 214 valence electrons. The molecule has 2 saturated carbocycles. The SMILES string of the molecule is CC(C)(C)c1ccc2c(c1)Cc1c-2ccc(C(C)(C)C)[c]1[Zr+2]([C]1=CC=CC1)=[Si](C1CCCC1)C1CCCC1.[Cl-].[Cl-]. The third kappa shape index (κ3) is 6.14. The summed E-state index contributed by atoms with van der Waals surface area (Å²) in [4.78, 5) is 0. The van der Waals surface area contributed by atoms with Crippen LogP contribution < -0.4 is 28.1 Å². The largest absolute Gasteiger partial charge is 1.00 e. The molecule has 0 amide bonds. The number of allylic oxidation sites excluding steroid dienone is 4. The van der Waals surface area contributed by atoms with Crippen LogP contribution in [-0.2, 0) is 37.6 Å². The molecule has 6 rings (SSSR count). The van der Waals surface area contributed by atoms with E-state index in [1.807, 2.05) is 6.55 Å². The Morgan fingerprint density at radius 2 is 1.35 bits per heavy atom. The summed E-state index contributed by atoms with van der Waals surface area (Å²) < 4.78 is 3.93. The van der Waals surface area contributed by atoms with Gasteiger partial charge in [-0.2, -0.15) is 0 Å². The third-order valence-electron chi connectivity index (χ3n) is 9.97. The van der Waals surface area contributed by atoms with Crippen LogP contribution in [0.2, 0.25) is 11.1 Å². The van der Waals surface area contributed by atoms with Crippen LogP contribution in [0.15, 0.2) is 51.8 Å². The summed E-state index contributed by atoms with van der Waals surface area (Å²) in [5, 5.41) is 0. The molecule has 0 nitrogen and oxygen atoms in total. The molecule has 2 fully saturated rings. The summed E-state index contributed by atoms with van der Waals surface area (Å²) in [7, 11) is 0. The van der Waals surface area contributed by atoms with Crippen LogP contribution in [-0.4, -0.2) is 5.43 Å². The van der Waals surface area contributed by atoms with Crippen molar-refractivity contribution in [1.29, 1.82) is 0 Å². The Balaban J connectivity index is 0.00000185. The van der Waals surface area contributed by atoms with Crippen molar-refractivity contribution in [2.75, 3.05) is 0 Å². The normalized spacial score (nSPS) is 18.5. The van der Waals surface area contributed by atoms with Crippen molar-refractivity contribution < 1.29 is 45.2 Å². The van der Waals surface area contributed by atoms with Gasteiger partial charge in [-0.3, -0.25) is 0 Å². The summed E-state index contributed by atoms with van der Waals surface area (Å²) in [5.74, 6) is 0. The van der Waals surface area contributed by atoms with Gasteiger partial charge in [0, 0.05) is 0 Å². The Morgan fingerprint density at radius 1 is 0.750 bits per heavy atom. The molecule has 4 aliphatic rings. The van der Waals surface area contributed by atoms with Gasteiger partial charge in [-0.15, -0.1) is 0 Å². The Kier molecular flexibility index (Phi) is 10.3. The summed E-state index contributed by atoms with van der Waals surface area (Å²) in [5.41, 5.74) is 11.9. The second-order valence-corrected chi connectivity index (χ2v) is 29.1. The van der Waals surface area contributed by atoms with Crippen LogP contribution in [0.4, 0.5) is 0 Å². The van der Waals surface area contributed by atoms with Crippen molar-refractivity contribution in [3.63, 3.8) is 0 Å². The van der Waals surface area contributed by atoms with E-state index in [0.29, 0.717) is 0 Å².